The molecule has 2 aliphatic rings. The maximum absolute atomic E-state index is 2.38. The van der Waals surface area contributed by atoms with Gasteiger partial charge in [-0.2, -0.15) is 0 Å². The largest absolute Gasteiger partial charge is 0.0773 e. The van der Waals surface area contributed by atoms with E-state index in [4.69, 9.17) is 0 Å². The first-order chi connectivity index (χ1) is 5.86. The summed E-state index contributed by atoms with van der Waals surface area (Å²) in [5, 5.41) is 0. The van der Waals surface area contributed by atoms with Crippen molar-refractivity contribution >= 4 is 0 Å². The van der Waals surface area contributed by atoms with E-state index in [9.17, 15) is 0 Å². The maximum Gasteiger partial charge on any atom is -0.00169 e. The van der Waals surface area contributed by atoms with Crippen LogP contribution in [0.3, 0.4) is 0 Å². The third-order valence-electron chi connectivity index (χ3n) is 2.82. The zero-order valence-corrected chi connectivity index (χ0v) is 7.72. The van der Waals surface area contributed by atoms with Gasteiger partial charge in [0.05, 0.1) is 0 Å². The third kappa shape index (κ3) is 1.52. The number of hydrogen-bond acceptors (Lipinski definition) is 0. The van der Waals surface area contributed by atoms with Crippen LogP contribution >= 0.6 is 0 Å². The van der Waals surface area contributed by atoms with Crippen molar-refractivity contribution in [1.29, 1.82) is 0 Å². The standard InChI is InChI=1S/C12H16/c1-10-5-4-8-11-6-2-3-7-12(11)9-10/h4-5,8-9,11H,2-3,6-7H2,1H3/t11-/m1/s1. The van der Waals surface area contributed by atoms with Crippen molar-refractivity contribution in [3.63, 3.8) is 0 Å². The molecule has 0 amide bonds. The molecule has 0 aliphatic heterocycles. The molecule has 0 nitrogen and oxygen atoms in total. The molecule has 0 radical (unpaired) electrons. The van der Waals surface area contributed by atoms with Gasteiger partial charge >= 0.3 is 0 Å². The van der Waals surface area contributed by atoms with Crippen molar-refractivity contribution < 1.29 is 0 Å². The van der Waals surface area contributed by atoms with Crippen LogP contribution in [0.25, 0.3) is 0 Å². The molecule has 2 rings (SSSR count). The Bertz CT molecular complexity index is 253. The third-order valence-corrected chi connectivity index (χ3v) is 2.82. The molecule has 0 bridgehead atoms. The summed E-state index contributed by atoms with van der Waals surface area (Å²) < 4.78 is 0. The SMILES string of the molecule is CC1=CC=C[C@H]2CCCCC2=C1. The van der Waals surface area contributed by atoms with Crippen LogP contribution in [0, 0.1) is 5.92 Å². The highest BCUT2D eigenvalue weighted by Crippen LogP contribution is 2.32. The van der Waals surface area contributed by atoms with Gasteiger partial charge < -0.3 is 0 Å². The molecule has 12 heavy (non-hydrogen) atoms. The van der Waals surface area contributed by atoms with E-state index in [1.54, 1.807) is 5.57 Å². The van der Waals surface area contributed by atoms with Crippen molar-refractivity contribution in [1.82, 2.24) is 0 Å². The number of hydrogen-bond donors (Lipinski definition) is 0. The highest BCUT2D eigenvalue weighted by molar-refractivity contribution is 5.33. The quantitative estimate of drug-likeness (QED) is 0.507. The molecule has 1 saturated carbocycles. The molecule has 0 aromatic rings. The van der Waals surface area contributed by atoms with E-state index in [2.05, 4.69) is 31.2 Å². The summed E-state index contributed by atoms with van der Waals surface area (Å²) in [6.45, 7) is 2.19. The van der Waals surface area contributed by atoms with Gasteiger partial charge in [0.25, 0.3) is 0 Å². The molecule has 0 N–H and O–H groups in total. The molecule has 0 aromatic carbocycles. The minimum absolute atomic E-state index is 0.757. The molecule has 1 fully saturated rings. The summed E-state index contributed by atoms with van der Waals surface area (Å²) in [5.74, 6) is 0.757. The Labute approximate surface area is 74.7 Å². The summed E-state index contributed by atoms with van der Waals surface area (Å²) >= 11 is 0. The Hall–Kier alpha value is -0.780. The fourth-order valence-corrected chi connectivity index (χ4v) is 2.15. The van der Waals surface area contributed by atoms with E-state index in [1.807, 2.05) is 0 Å². The van der Waals surface area contributed by atoms with Gasteiger partial charge in [-0.15, -0.1) is 0 Å². The normalized spacial score (nSPS) is 28.6. The highest BCUT2D eigenvalue weighted by Gasteiger charge is 2.16. The van der Waals surface area contributed by atoms with Gasteiger partial charge in [-0.1, -0.05) is 41.9 Å². The maximum atomic E-state index is 2.38. The summed E-state index contributed by atoms with van der Waals surface area (Å²) in [6.07, 6.45) is 14.7. The van der Waals surface area contributed by atoms with E-state index in [-0.39, 0.29) is 0 Å². The average molecular weight is 160 g/mol. The first-order valence-electron chi connectivity index (χ1n) is 4.92. The van der Waals surface area contributed by atoms with Crippen molar-refractivity contribution in [3.8, 4) is 0 Å². The number of allylic oxidation sites excluding steroid dienone is 6. The van der Waals surface area contributed by atoms with E-state index >= 15 is 0 Å². The molecule has 2 aliphatic carbocycles. The lowest BCUT2D eigenvalue weighted by Gasteiger charge is -2.21. The van der Waals surface area contributed by atoms with Crippen LogP contribution in [-0.4, -0.2) is 0 Å². The van der Waals surface area contributed by atoms with Crippen molar-refractivity contribution in [2.75, 3.05) is 0 Å². The molecule has 0 aromatic heterocycles. The fourth-order valence-electron chi connectivity index (χ4n) is 2.15. The average Bonchev–Trinajstić information content (AvgIpc) is 2.25. The summed E-state index contributed by atoms with van der Waals surface area (Å²) in [7, 11) is 0. The monoisotopic (exact) mass is 160 g/mol. The molecule has 0 spiro atoms. The highest BCUT2D eigenvalue weighted by atomic mass is 14.2. The van der Waals surface area contributed by atoms with Crippen molar-refractivity contribution in [2.24, 2.45) is 5.92 Å². The Morgan fingerprint density at radius 2 is 2.25 bits per heavy atom. The molecule has 0 saturated heterocycles. The van der Waals surface area contributed by atoms with Gasteiger partial charge in [0.15, 0.2) is 0 Å². The molecule has 0 heteroatoms. The van der Waals surface area contributed by atoms with Crippen LogP contribution < -0.4 is 0 Å². The molecular weight excluding hydrogens is 144 g/mol. The molecular formula is C12H16. The second kappa shape index (κ2) is 3.30. The Morgan fingerprint density at radius 3 is 3.17 bits per heavy atom. The first-order valence-corrected chi connectivity index (χ1v) is 4.92. The fraction of sp³-hybridized carbons (Fsp3) is 0.500. The molecule has 64 valence electrons. The summed E-state index contributed by atoms with van der Waals surface area (Å²) in [6, 6.07) is 0. The van der Waals surface area contributed by atoms with Crippen LogP contribution in [-0.2, 0) is 0 Å². The Balaban J connectivity index is 2.26. The smallest absolute Gasteiger partial charge is 0.00169 e. The number of rotatable bonds is 0. The van der Waals surface area contributed by atoms with Gasteiger partial charge in [-0.3, -0.25) is 0 Å². The van der Waals surface area contributed by atoms with Crippen molar-refractivity contribution in [2.45, 2.75) is 32.6 Å². The lowest BCUT2D eigenvalue weighted by Crippen LogP contribution is -2.06. The Morgan fingerprint density at radius 1 is 1.33 bits per heavy atom. The first kappa shape index (κ1) is 7.85. The lowest BCUT2D eigenvalue weighted by atomic mass is 9.84. The van der Waals surface area contributed by atoms with E-state index in [1.165, 1.54) is 31.3 Å². The van der Waals surface area contributed by atoms with Crippen LogP contribution in [0.1, 0.15) is 32.6 Å². The lowest BCUT2D eigenvalue weighted by molar-refractivity contribution is 0.519. The predicted octanol–water partition coefficient (Wildman–Crippen LogP) is 3.62. The Kier molecular flexibility index (Phi) is 2.16. The van der Waals surface area contributed by atoms with Gasteiger partial charge in [-0.05, 0) is 32.1 Å². The van der Waals surface area contributed by atoms with Crippen LogP contribution in [0.5, 0.6) is 0 Å². The van der Waals surface area contributed by atoms with Gasteiger partial charge in [-0.25, -0.2) is 0 Å². The topological polar surface area (TPSA) is 0 Å². The summed E-state index contributed by atoms with van der Waals surface area (Å²) in [4.78, 5) is 0. The van der Waals surface area contributed by atoms with Gasteiger partial charge in [0, 0.05) is 0 Å². The van der Waals surface area contributed by atoms with E-state index < -0.39 is 0 Å². The van der Waals surface area contributed by atoms with Gasteiger partial charge in [0.1, 0.15) is 0 Å². The van der Waals surface area contributed by atoms with Crippen molar-refractivity contribution in [3.05, 3.63) is 35.5 Å². The zero-order chi connectivity index (χ0) is 8.39. The van der Waals surface area contributed by atoms with Crippen LogP contribution in [0.15, 0.2) is 35.5 Å². The van der Waals surface area contributed by atoms with Gasteiger partial charge in [0.2, 0.25) is 0 Å². The zero-order valence-electron chi connectivity index (χ0n) is 7.72. The second-order valence-electron chi connectivity index (χ2n) is 3.87. The van der Waals surface area contributed by atoms with Crippen LogP contribution in [0.4, 0.5) is 0 Å². The molecule has 0 unspecified atom stereocenters. The van der Waals surface area contributed by atoms with E-state index in [0.717, 1.165) is 5.92 Å². The summed E-state index contributed by atoms with van der Waals surface area (Å²) in [5.41, 5.74) is 3.06. The molecule has 1 atom stereocenters. The molecule has 0 heterocycles. The predicted molar refractivity (Wildman–Crippen MR) is 52.9 cm³/mol. The minimum atomic E-state index is 0.757. The number of fused-ring (bicyclic) bond motifs is 1. The second-order valence-corrected chi connectivity index (χ2v) is 3.87. The van der Waals surface area contributed by atoms with Crippen LogP contribution in [0.2, 0.25) is 0 Å². The van der Waals surface area contributed by atoms with E-state index in [0.29, 0.717) is 0 Å². The minimum Gasteiger partial charge on any atom is -0.0773 e.